The van der Waals surface area contributed by atoms with Crippen LogP contribution in [0, 0.1) is 0 Å². The van der Waals surface area contributed by atoms with Crippen LogP contribution in [-0.2, 0) is 0 Å². The van der Waals surface area contributed by atoms with Gasteiger partial charge in [0.15, 0.2) is 0 Å². The van der Waals surface area contributed by atoms with Gasteiger partial charge in [-0.1, -0.05) is 0 Å². The third kappa shape index (κ3) is 1.16. The molecule has 0 bridgehead atoms. The van der Waals surface area contributed by atoms with Crippen LogP contribution in [0.15, 0.2) is 24.5 Å². The Morgan fingerprint density at radius 1 is 1.29 bits per heavy atom. The van der Waals surface area contributed by atoms with Crippen LogP contribution in [0.2, 0.25) is 0 Å². The zero-order valence-electron chi connectivity index (χ0n) is 8.03. The first-order valence-electron chi connectivity index (χ1n) is 5.11. The number of nitrogens with zero attached hydrogens (tertiary/aromatic N) is 2. The van der Waals surface area contributed by atoms with Gasteiger partial charge < -0.3 is 9.88 Å². The Kier molecular flexibility index (Phi) is 1.69. The fraction of sp³-hybridized carbons (Fsp3) is 0.364. The molecule has 0 atom stereocenters. The molecule has 2 aromatic heterocycles. The van der Waals surface area contributed by atoms with Crippen LogP contribution in [0.25, 0.3) is 10.9 Å². The second-order valence-electron chi connectivity index (χ2n) is 3.81. The molecule has 3 rings (SSSR count). The van der Waals surface area contributed by atoms with E-state index in [4.69, 9.17) is 0 Å². The molecular formula is C11H13N3. The van der Waals surface area contributed by atoms with Crippen molar-refractivity contribution < 1.29 is 0 Å². The summed E-state index contributed by atoms with van der Waals surface area (Å²) in [6.07, 6.45) is 6.36. The summed E-state index contributed by atoms with van der Waals surface area (Å²) in [6.45, 7) is 2.36. The molecule has 1 N–H and O–H groups in total. The Morgan fingerprint density at radius 2 is 2.14 bits per heavy atom. The van der Waals surface area contributed by atoms with E-state index < -0.39 is 0 Å². The van der Waals surface area contributed by atoms with Crippen LogP contribution < -0.4 is 4.90 Å². The summed E-state index contributed by atoms with van der Waals surface area (Å²) in [5.41, 5.74) is 1.18. The molecule has 3 heterocycles. The van der Waals surface area contributed by atoms with Gasteiger partial charge in [-0.2, -0.15) is 0 Å². The predicted octanol–water partition coefficient (Wildman–Crippen LogP) is 2.16. The molecule has 2 aromatic rings. The third-order valence-electron chi connectivity index (χ3n) is 2.85. The topological polar surface area (TPSA) is 31.9 Å². The lowest BCUT2D eigenvalue weighted by atomic mass is 10.3. The van der Waals surface area contributed by atoms with Crippen LogP contribution in [-0.4, -0.2) is 23.1 Å². The molecular weight excluding hydrogens is 174 g/mol. The van der Waals surface area contributed by atoms with Gasteiger partial charge in [0.05, 0.1) is 5.52 Å². The van der Waals surface area contributed by atoms with E-state index in [-0.39, 0.29) is 0 Å². The van der Waals surface area contributed by atoms with Crippen molar-refractivity contribution >= 4 is 16.7 Å². The highest BCUT2D eigenvalue weighted by atomic mass is 15.2. The molecule has 1 aliphatic rings. The van der Waals surface area contributed by atoms with Crippen molar-refractivity contribution in [2.75, 3.05) is 18.0 Å². The van der Waals surface area contributed by atoms with Crippen molar-refractivity contribution in [1.29, 1.82) is 0 Å². The van der Waals surface area contributed by atoms with E-state index in [0.29, 0.717) is 0 Å². The Balaban J connectivity index is 2.05. The average Bonchev–Trinajstić information content (AvgIpc) is 2.86. The SMILES string of the molecule is c1cc2[nH]c(N3CCCC3)cc2cn1. The molecule has 1 saturated heterocycles. The molecule has 72 valence electrons. The summed E-state index contributed by atoms with van der Waals surface area (Å²) in [5.74, 6) is 1.24. The summed E-state index contributed by atoms with van der Waals surface area (Å²) >= 11 is 0. The van der Waals surface area contributed by atoms with Crippen LogP contribution in [0.1, 0.15) is 12.8 Å². The fourth-order valence-electron chi connectivity index (χ4n) is 2.09. The third-order valence-corrected chi connectivity index (χ3v) is 2.85. The van der Waals surface area contributed by atoms with Crippen LogP contribution in [0.5, 0.6) is 0 Å². The van der Waals surface area contributed by atoms with Crippen LogP contribution >= 0.6 is 0 Å². The van der Waals surface area contributed by atoms with Gasteiger partial charge in [-0.15, -0.1) is 0 Å². The number of anilines is 1. The van der Waals surface area contributed by atoms with E-state index in [1.54, 1.807) is 0 Å². The number of pyridine rings is 1. The number of hydrogen-bond acceptors (Lipinski definition) is 2. The molecule has 0 radical (unpaired) electrons. The molecule has 1 aliphatic heterocycles. The zero-order chi connectivity index (χ0) is 9.38. The van der Waals surface area contributed by atoms with E-state index >= 15 is 0 Å². The minimum Gasteiger partial charge on any atom is -0.358 e. The van der Waals surface area contributed by atoms with Gasteiger partial charge in [0, 0.05) is 30.9 Å². The number of H-pyrrole nitrogens is 1. The van der Waals surface area contributed by atoms with Gasteiger partial charge in [-0.05, 0) is 25.0 Å². The number of fused-ring (bicyclic) bond motifs is 1. The maximum atomic E-state index is 4.11. The Hall–Kier alpha value is -1.51. The highest BCUT2D eigenvalue weighted by Crippen LogP contribution is 2.23. The normalized spacial score (nSPS) is 16.7. The summed E-state index contributed by atoms with van der Waals surface area (Å²) < 4.78 is 0. The van der Waals surface area contributed by atoms with Gasteiger partial charge in [0.1, 0.15) is 5.82 Å². The van der Waals surface area contributed by atoms with Crippen molar-refractivity contribution in [2.24, 2.45) is 0 Å². The molecule has 3 nitrogen and oxygen atoms in total. The monoisotopic (exact) mass is 187 g/mol. The van der Waals surface area contributed by atoms with Gasteiger partial charge in [-0.25, -0.2) is 0 Å². The van der Waals surface area contributed by atoms with Gasteiger partial charge in [0.2, 0.25) is 0 Å². The molecule has 0 amide bonds. The number of nitrogens with one attached hydrogen (secondary N) is 1. The minimum absolute atomic E-state index is 1.18. The lowest BCUT2D eigenvalue weighted by Crippen LogP contribution is -2.17. The molecule has 0 spiro atoms. The van der Waals surface area contributed by atoms with E-state index in [0.717, 1.165) is 0 Å². The zero-order valence-corrected chi connectivity index (χ0v) is 8.03. The van der Waals surface area contributed by atoms with Crippen LogP contribution in [0.4, 0.5) is 5.82 Å². The standard InChI is InChI=1S/C11H13N3/c1-2-6-14(5-1)11-7-9-8-12-4-3-10(9)13-11/h3-4,7-8,13H,1-2,5-6H2. The van der Waals surface area contributed by atoms with Gasteiger partial charge >= 0.3 is 0 Å². The van der Waals surface area contributed by atoms with Crippen molar-refractivity contribution in [1.82, 2.24) is 9.97 Å². The van der Waals surface area contributed by atoms with E-state index in [2.05, 4.69) is 20.9 Å². The van der Waals surface area contributed by atoms with E-state index in [9.17, 15) is 0 Å². The highest BCUT2D eigenvalue weighted by Gasteiger charge is 2.13. The van der Waals surface area contributed by atoms with Crippen molar-refractivity contribution in [2.45, 2.75) is 12.8 Å². The van der Waals surface area contributed by atoms with E-state index in [1.165, 1.54) is 42.7 Å². The summed E-state index contributed by atoms with van der Waals surface area (Å²) in [6, 6.07) is 4.21. The number of hydrogen-bond donors (Lipinski definition) is 1. The molecule has 3 heteroatoms. The fourth-order valence-corrected chi connectivity index (χ4v) is 2.09. The summed E-state index contributed by atoms with van der Waals surface area (Å²) in [7, 11) is 0. The summed E-state index contributed by atoms with van der Waals surface area (Å²) in [4.78, 5) is 9.94. The second kappa shape index (κ2) is 3.01. The van der Waals surface area contributed by atoms with Crippen molar-refractivity contribution in [3.63, 3.8) is 0 Å². The highest BCUT2D eigenvalue weighted by molar-refractivity contribution is 5.83. The maximum absolute atomic E-state index is 4.11. The van der Waals surface area contributed by atoms with Gasteiger partial charge in [-0.3, -0.25) is 4.98 Å². The predicted molar refractivity (Wildman–Crippen MR) is 57.5 cm³/mol. The first-order chi connectivity index (χ1) is 6.93. The average molecular weight is 187 g/mol. The molecule has 0 aliphatic carbocycles. The second-order valence-corrected chi connectivity index (χ2v) is 3.81. The molecule has 0 unspecified atom stereocenters. The quantitative estimate of drug-likeness (QED) is 0.742. The Morgan fingerprint density at radius 3 is 2.93 bits per heavy atom. The molecule has 14 heavy (non-hydrogen) atoms. The lowest BCUT2D eigenvalue weighted by molar-refractivity contribution is 0.949. The smallest absolute Gasteiger partial charge is 0.106 e. The van der Waals surface area contributed by atoms with Crippen LogP contribution in [0.3, 0.4) is 0 Å². The number of aromatic nitrogens is 2. The number of rotatable bonds is 1. The molecule has 0 saturated carbocycles. The van der Waals surface area contributed by atoms with Crippen molar-refractivity contribution in [3.8, 4) is 0 Å². The van der Waals surface area contributed by atoms with Crippen molar-refractivity contribution in [3.05, 3.63) is 24.5 Å². The number of aromatic amines is 1. The summed E-state index contributed by atoms with van der Waals surface area (Å²) in [5, 5.41) is 1.20. The molecule has 1 fully saturated rings. The van der Waals surface area contributed by atoms with Gasteiger partial charge in [0.25, 0.3) is 0 Å². The Labute approximate surface area is 82.8 Å². The first-order valence-corrected chi connectivity index (χ1v) is 5.11. The minimum atomic E-state index is 1.18. The largest absolute Gasteiger partial charge is 0.358 e. The lowest BCUT2D eigenvalue weighted by Gasteiger charge is -2.14. The first kappa shape index (κ1) is 7.85. The molecule has 0 aromatic carbocycles. The maximum Gasteiger partial charge on any atom is 0.106 e. The Bertz CT molecular complexity index is 407. The van der Waals surface area contributed by atoms with E-state index in [1.807, 2.05) is 18.5 Å².